The van der Waals surface area contributed by atoms with Gasteiger partial charge >= 0.3 is 5.97 Å². The molecule has 2 rings (SSSR count). The lowest BCUT2D eigenvalue weighted by Crippen LogP contribution is -2.31. The molecule has 5 nitrogen and oxygen atoms in total. The van der Waals surface area contributed by atoms with Gasteiger partial charge in [-0.2, -0.15) is 0 Å². The lowest BCUT2D eigenvalue weighted by molar-refractivity contribution is -0.145. The van der Waals surface area contributed by atoms with Gasteiger partial charge in [-0.05, 0) is 25.1 Å². The van der Waals surface area contributed by atoms with Crippen LogP contribution in [0, 0.1) is 0 Å². The van der Waals surface area contributed by atoms with Crippen molar-refractivity contribution in [1.82, 2.24) is 5.48 Å². The van der Waals surface area contributed by atoms with Crippen LogP contribution in [0.2, 0.25) is 0 Å². The minimum absolute atomic E-state index is 0.348. The monoisotopic (exact) mass is 209 g/mol. The highest BCUT2D eigenvalue weighted by Gasteiger charge is 2.26. The van der Waals surface area contributed by atoms with E-state index in [9.17, 15) is 4.79 Å². The van der Waals surface area contributed by atoms with E-state index in [2.05, 4.69) is 5.48 Å². The van der Waals surface area contributed by atoms with E-state index in [4.69, 9.17) is 14.0 Å². The Hall–Kier alpha value is -1.75. The number of carbonyl (C=O) groups excluding carboxylic acids is 1. The fourth-order valence-electron chi connectivity index (χ4n) is 1.25. The van der Waals surface area contributed by atoms with Crippen molar-refractivity contribution in [3.05, 3.63) is 30.2 Å². The van der Waals surface area contributed by atoms with Gasteiger partial charge in [0, 0.05) is 0 Å². The third-order valence-electron chi connectivity index (χ3n) is 1.92. The Morgan fingerprint density at radius 1 is 1.67 bits per heavy atom. The maximum Gasteiger partial charge on any atom is 0.330 e. The molecule has 0 saturated carbocycles. The van der Waals surface area contributed by atoms with E-state index in [0.29, 0.717) is 18.1 Å². The fraction of sp³-hybridized carbons (Fsp3) is 0.300. The average molecular weight is 209 g/mol. The van der Waals surface area contributed by atoms with E-state index in [1.165, 1.54) is 6.26 Å². The van der Waals surface area contributed by atoms with Crippen LogP contribution in [-0.2, 0) is 14.4 Å². The summed E-state index contributed by atoms with van der Waals surface area (Å²) in [4.78, 5) is 16.4. The van der Waals surface area contributed by atoms with Crippen molar-refractivity contribution in [3.63, 3.8) is 0 Å². The SMILES string of the molecule is CCOC(=O)C1C=C(c2ccco2)ON1. The summed E-state index contributed by atoms with van der Waals surface area (Å²) in [5, 5.41) is 0. The number of furan rings is 1. The predicted octanol–water partition coefficient (Wildman–Crippen LogP) is 1.09. The van der Waals surface area contributed by atoms with Crippen LogP contribution in [0.4, 0.5) is 0 Å². The molecule has 2 heterocycles. The van der Waals surface area contributed by atoms with Crippen molar-refractivity contribution in [3.8, 4) is 0 Å². The fourth-order valence-corrected chi connectivity index (χ4v) is 1.25. The molecule has 1 atom stereocenters. The Kier molecular flexibility index (Phi) is 2.73. The van der Waals surface area contributed by atoms with Gasteiger partial charge in [-0.15, -0.1) is 5.48 Å². The zero-order valence-electron chi connectivity index (χ0n) is 8.23. The van der Waals surface area contributed by atoms with Gasteiger partial charge in [0.15, 0.2) is 17.6 Å². The Morgan fingerprint density at radius 2 is 2.53 bits per heavy atom. The molecule has 0 aliphatic carbocycles. The third kappa shape index (κ3) is 2.02. The van der Waals surface area contributed by atoms with Crippen molar-refractivity contribution < 1.29 is 18.8 Å². The van der Waals surface area contributed by atoms with Gasteiger partial charge in [-0.3, -0.25) is 0 Å². The normalized spacial score (nSPS) is 19.5. The van der Waals surface area contributed by atoms with Crippen LogP contribution in [0.5, 0.6) is 0 Å². The Balaban J connectivity index is 2.06. The summed E-state index contributed by atoms with van der Waals surface area (Å²) < 4.78 is 9.95. The molecule has 0 bridgehead atoms. The van der Waals surface area contributed by atoms with E-state index in [0.717, 1.165) is 0 Å². The lowest BCUT2D eigenvalue weighted by Gasteiger charge is -2.05. The number of nitrogens with one attached hydrogen (secondary N) is 1. The molecule has 15 heavy (non-hydrogen) atoms. The summed E-state index contributed by atoms with van der Waals surface area (Å²) in [6, 6.07) is 2.93. The molecule has 0 radical (unpaired) electrons. The van der Waals surface area contributed by atoms with Crippen LogP contribution in [0.1, 0.15) is 12.7 Å². The zero-order chi connectivity index (χ0) is 10.7. The second kappa shape index (κ2) is 4.18. The first-order valence-corrected chi connectivity index (χ1v) is 4.66. The van der Waals surface area contributed by atoms with Crippen molar-refractivity contribution in [2.75, 3.05) is 6.61 Å². The van der Waals surface area contributed by atoms with Crippen molar-refractivity contribution >= 4 is 11.7 Å². The van der Waals surface area contributed by atoms with Gasteiger partial charge < -0.3 is 14.0 Å². The highest BCUT2D eigenvalue weighted by atomic mass is 16.7. The van der Waals surface area contributed by atoms with Gasteiger partial charge in [0.25, 0.3) is 0 Å². The van der Waals surface area contributed by atoms with Gasteiger partial charge in [-0.25, -0.2) is 4.79 Å². The van der Waals surface area contributed by atoms with Crippen LogP contribution >= 0.6 is 0 Å². The molecule has 1 aromatic heterocycles. The van der Waals surface area contributed by atoms with Gasteiger partial charge in [0.1, 0.15) is 0 Å². The first kappa shape index (κ1) is 9.79. The van der Waals surface area contributed by atoms with Crippen LogP contribution in [0.25, 0.3) is 5.76 Å². The molecule has 0 saturated heterocycles. The first-order valence-electron chi connectivity index (χ1n) is 4.66. The molecule has 1 aromatic rings. The maximum absolute atomic E-state index is 11.3. The molecule has 1 unspecified atom stereocenters. The molecule has 5 heteroatoms. The Bertz CT molecular complexity index is 369. The number of ether oxygens (including phenoxy) is 1. The van der Waals surface area contributed by atoms with Crippen LogP contribution in [0.15, 0.2) is 28.9 Å². The highest BCUT2D eigenvalue weighted by molar-refractivity contribution is 5.81. The van der Waals surface area contributed by atoms with E-state index < -0.39 is 6.04 Å². The number of esters is 1. The van der Waals surface area contributed by atoms with Gasteiger partial charge in [0.05, 0.1) is 12.9 Å². The van der Waals surface area contributed by atoms with E-state index in [1.54, 1.807) is 25.1 Å². The number of hydrogen-bond acceptors (Lipinski definition) is 5. The Labute approximate surface area is 86.6 Å². The Morgan fingerprint density at radius 3 is 3.20 bits per heavy atom. The molecule has 1 aliphatic heterocycles. The van der Waals surface area contributed by atoms with Crippen molar-refractivity contribution in [2.24, 2.45) is 0 Å². The summed E-state index contributed by atoms with van der Waals surface area (Å²) in [6.45, 7) is 2.10. The van der Waals surface area contributed by atoms with Gasteiger partial charge in [-0.1, -0.05) is 0 Å². The summed E-state index contributed by atoms with van der Waals surface area (Å²) >= 11 is 0. The maximum atomic E-state index is 11.3. The first-order chi connectivity index (χ1) is 7.31. The summed E-state index contributed by atoms with van der Waals surface area (Å²) in [7, 11) is 0. The molecule has 80 valence electrons. The number of hydrogen-bond donors (Lipinski definition) is 1. The van der Waals surface area contributed by atoms with Crippen LogP contribution in [-0.4, -0.2) is 18.6 Å². The number of hydroxylamine groups is 1. The zero-order valence-corrected chi connectivity index (χ0v) is 8.23. The number of rotatable bonds is 3. The minimum atomic E-state index is -0.565. The largest absolute Gasteiger partial charge is 0.464 e. The molecular weight excluding hydrogens is 198 g/mol. The topological polar surface area (TPSA) is 60.7 Å². The van der Waals surface area contributed by atoms with Gasteiger partial charge in [0.2, 0.25) is 0 Å². The average Bonchev–Trinajstić information content (AvgIpc) is 2.89. The van der Waals surface area contributed by atoms with E-state index in [-0.39, 0.29) is 5.97 Å². The standard InChI is InChI=1S/C10H11NO4/c1-2-13-10(12)7-6-9(15-11-7)8-4-3-5-14-8/h3-7,11H,2H2,1H3. The smallest absolute Gasteiger partial charge is 0.330 e. The second-order valence-electron chi connectivity index (χ2n) is 2.96. The summed E-state index contributed by atoms with van der Waals surface area (Å²) in [6.07, 6.45) is 3.16. The molecule has 1 aliphatic rings. The lowest BCUT2D eigenvalue weighted by atomic mass is 10.2. The molecule has 1 N–H and O–H groups in total. The van der Waals surface area contributed by atoms with E-state index >= 15 is 0 Å². The molecule has 0 aromatic carbocycles. The molecule has 0 amide bonds. The molecule has 0 fully saturated rings. The van der Waals surface area contributed by atoms with Crippen molar-refractivity contribution in [2.45, 2.75) is 13.0 Å². The second-order valence-corrected chi connectivity index (χ2v) is 2.96. The summed E-state index contributed by atoms with van der Waals surface area (Å²) in [5.41, 5.74) is 2.55. The molecular formula is C10H11NO4. The highest BCUT2D eigenvalue weighted by Crippen LogP contribution is 2.20. The van der Waals surface area contributed by atoms with Crippen LogP contribution < -0.4 is 5.48 Å². The van der Waals surface area contributed by atoms with Crippen LogP contribution in [0.3, 0.4) is 0 Å². The minimum Gasteiger partial charge on any atom is -0.464 e. The van der Waals surface area contributed by atoms with Crippen molar-refractivity contribution in [1.29, 1.82) is 0 Å². The predicted molar refractivity (Wildman–Crippen MR) is 51.3 cm³/mol. The third-order valence-corrected chi connectivity index (χ3v) is 1.92. The quantitative estimate of drug-likeness (QED) is 0.755. The molecule has 0 spiro atoms. The van der Waals surface area contributed by atoms with E-state index in [1.807, 2.05) is 0 Å². The number of carbonyl (C=O) groups is 1. The summed E-state index contributed by atoms with van der Waals surface area (Å²) in [5.74, 6) is 0.714.